The van der Waals surface area contributed by atoms with Gasteiger partial charge in [-0.1, -0.05) is 38.3 Å². The first-order valence-corrected chi connectivity index (χ1v) is 9.90. The molecule has 0 aliphatic carbocycles. The minimum atomic E-state index is -0.166. The van der Waals surface area contributed by atoms with Crippen molar-refractivity contribution in [3.8, 4) is 11.5 Å². The molecule has 150 valence electrons. The molecule has 0 saturated heterocycles. The van der Waals surface area contributed by atoms with E-state index in [-0.39, 0.29) is 5.91 Å². The van der Waals surface area contributed by atoms with Gasteiger partial charge in [-0.15, -0.1) is 0 Å². The van der Waals surface area contributed by atoms with E-state index >= 15 is 0 Å². The molecular weight excluding hydrogens is 350 g/mol. The van der Waals surface area contributed by atoms with Gasteiger partial charge in [0.1, 0.15) is 0 Å². The number of nitrogens with one attached hydrogen (secondary N) is 1. The Hall–Kier alpha value is -2.75. The van der Waals surface area contributed by atoms with Gasteiger partial charge in [-0.3, -0.25) is 4.79 Å². The van der Waals surface area contributed by atoms with Crippen molar-refractivity contribution in [3.63, 3.8) is 0 Å². The van der Waals surface area contributed by atoms with Crippen molar-refractivity contribution in [1.29, 1.82) is 0 Å². The van der Waals surface area contributed by atoms with Crippen molar-refractivity contribution >= 4 is 17.7 Å². The fourth-order valence-electron chi connectivity index (χ4n) is 3.02. The average molecular weight is 382 g/mol. The Bertz CT molecular complexity index is 791. The quantitative estimate of drug-likeness (QED) is 0.410. The highest BCUT2D eigenvalue weighted by molar-refractivity contribution is 6.02. The normalized spacial score (nSPS) is 10.9. The number of unbranched alkanes of at least 4 members (excludes halogenated alkanes) is 3. The highest BCUT2D eigenvalue weighted by atomic mass is 16.5. The van der Waals surface area contributed by atoms with E-state index in [1.165, 1.54) is 25.3 Å². The summed E-state index contributed by atoms with van der Waals surface area (Å²) in [7, 11) is 1.62. The molecule has 0 spiro atoms. The monoisotopic (exact) mass is 381 g/mol. The van der Waals surface area contributed by atoms with Gasteiger partial charge in [0.05, 0.1) is 13.7 Å². The van der Waals surface area contributed by atoms with Crippen LogP contribution in [0.3, 0.4) is 0 Å². The second kappa shape index (κ2) is 11.2. The highest BCUT2D eigenvalue weighted by Crippen LogP contribution is 2.29. The first kappa shape index (κ1) is 21.5. The summed E-state index contributed by atoms with van der Waals surface area (Å²) in [5.41, 5.74) is 3.92. The molecule has 0 heterocycles. The van der Waals surface area contributed by atoms with Gasteiger partial charge in [-0.2, -0.15) is 0 Å². The van der Waals surface area contributed by atoms with Crippen molar-refractivity contribution in [3.05, 3.63) is 59.2 Å². The largest absolute Gasteiger partial charge is 0.493 e. The first-order valence-electron chi connectivity index (χ1n) is 9.90. The Morgan fingerprint density at radius 2 is 1.75 bits per heavy atom. The molecule has 0 fully saturated rings. The van der Waals surface area contributed by atoms with Gasteiger partial charge in [0.15, 0.2) is 11.5 Å². The standard InChI is InChI=1S/C24H31NO3/c1-5-6-7-8-13-28-22-11-9-20(17-23(22)27-4)10-12-24(26)25-21-15-18(2)14-19(3)16-21/h9-12,14-17H,5-8,13H2,1-4H3,(H,25,26). The summed E-state index contributed by atoms with van der Waals surface area (Å²) in [4.78, 5) is 12.2. The predicted molar refractivity (Wildman–Crippen MR) is 116 cm³/mol. The van der Waals surface area contributed by atoms with Crippen LogP contribution in [0.25, 0.3) is 6.08 Å². The fourth-order valence-corrected chi connectivity index (χ4v) is 3.02. The van der Waals surface area contributed by atoms with Gasteiger partial charge in [0.25, 0.3) is 0 Å². The zero-order chi connectivity index (χ0) is 20.4. The highest BCUT2D eigenvalue weighted by Gasteiger charge is 2.05. The van der Waals surface area contributed by atoms with Crippen LogP contribution < -0.4 is 14.8 Å². The lowest BCUT2D eigenvalue weighted by atomic mass is 10.1. The van der Waals surface area contributed by atoms with E-state index < -0.39 is 0 Å². The second-order valence-electron chi connectivity index (χ2n) is 7.02. The molecule has 0 aliphatic rings. The van der Waals surface area contributed by atoms with Gasteiger partial charge in [0, 0.05) is 11.8 Å². The molecule has 0 radical (unpaired) electrons. The summed E-state index contributed by atoms with van der Waals surface area (Å²) in [5, 5.41) is 2.90. The number of carbonyl (C=O) groups excluding carboxylic acids is 1. The van der Waals surface area contributed by atoms with Gasteiger partial charge < -0.3 is 14.8 Å². The molecule has 2 aromatic rings. The average Bonchev–Trinajstić information content (AvgIpc) is 2.66. The van der Waals surface area contributed by atoms with Crippen LogP contribution in [0.5, 0.6) is 11.5 Å². The number of anilines is 1. The maximum atomic E-state index is 12.2. The number of ether oxygens (including phenoxy) is 2. The van der Waals surface area contributed by atoms with Crippen LogP contribution in [0.15, 0.2) is 42.5 Å². The molecule has 0 bridgehead atoms. The number of methoxy groups -OCH3 is 1. The number of aryl methyl sites for hydroxylation is 2. The SMILES string of the molecule is CCCCCCOc1ccc(C=CC(=O)Nc2cc(C)cc(C)c2)cc1OC. The molecule has 1 amide bonds. The lowest BCUT2D eigenvalue weighted by Crippen LogP contribution is -2.08. The van der Waals surface area contributed by atoms with Crippen LogP contribution in [-0.2, 0) is 4.79 Å². The molecule has 0 unspecified atom stereocenters. The van der Waals surface area contributed by atoms with Crippen LogP contribution in [0.2, 0.25) is 0 Å². The van der Waals surface area contributed by atoms with Gasteiger partial charge in [-0.05, 0) is 67.3 Å². The summed E-state index contributed by atoms with van der Waals surface area (Å²) >= 11 is 0. The van der Waals surface area contributed by atoms with Gasteiger partial charge >= 0.3 is 0 Å². The smallest absolute Gasteiger partial charge is 0.248 e. The third-order valence-corrected chi connectivity index (χ3v) is 4.36. The molecular formula is C24H31NO3. The van der Waals surface area contributed by atoms with Gasteiger partial charge in [-0.25, -0.2) is 0 Å². The van der Waals surface area contributed by atoms with Gasteiger partial charge in [0.2, 0.25) is 5.91 Å². The maximum absolute atomic E-state index is 12.2. The summed E-state index contributed by atoms with van der Waals surface area (Å²) in [6, 6.07) is 11.7. The number of benzene rings is 2. The Labute approximate surface area is 168 Å². The topological polar surface area (TPSA) is 47.6 Å². The minimum absolute atomic E-state index is 0.166. The maximum Gasteiger partial charge on any atom is 0.248 e. The fraction of sp³-hybridized carbons (Fsp3) is 0.375. The molecule has 28 heavy (non-hydrogen) atoms. The Balaban J connectivity index is 1.96. The van der Waals surface area contributed by atoms with Crippen molar-refractivity contribution in [2.24, 2.45) is 0 Å². The number of hydrogen-bond donors (Lipinski definition) is 1. The minimum Gasteiger partial charge on any atom is -0.493 e. The van der Waals surface area contributed by atoms with E-state index in [9.17, 15) is 4.79 Å². The van der Waals surface area contributed by atoms with E-state index in [0.717, 1.165) is 34.5 Å². The zero-order valence-electron chi connectivity index (χ0n) is 17.4. The molecule has 0 aromatic heterocycles. The summed E-state index contributed by atoms with van der Waals surface area (Å²) in [5.74, 6) is 1.24. The molecule has 0 atom stereocenters. The van der Waals surface area contributed by atoms with Crippen molar-refractivity contribution < 1.29 is 14.3 Å². The lowest BCUT2D eigenvalue weighted by molar-refractivity contribution is -0.111. The van der Waals surface area contributed by atoms with E-state index in [1.807, 2.05) is 44.2 Å². The third-order valence-electron chi connectivity index (χ3n) is 4.36. The predicted octanol–water partition coefficient (Wildman–Crippen LogP) is 5.92. The van der Waals surface area contributed by atoms with Crippen LogP contribution in [0.1, 0.15) is 49.3 Å². The van der Waals surface area contributed by atoms with E-state index in [0.29, 0.717) is 12.4 Å². The molecule has 0 saturated carbocycles. The number of amides is 1. The van der Waals surface area contributed by atoms with Crippen molar-refractivity contribution in [2.45, 2.75) is 46.5 Å². The number of hydrogen-bond acceptors (Lipinski definition) is 3. The van der Waals surface area contributed by atoms with Crippen LogP contribution in [0.4, 0.5) is 5.69 Å². The van der Waals surface area contributed by atoms with E-state index in [4.69, 9.17) is 9.47 Å². The lowest BCUT2D eigenvalue weighted by Gasteiger charge is -2.11. The van der Waals surface area contributed by atoms with Crippen LogP contribution in [0, 0.1) is 13.8 Å². The summed E-state index contributed by atoms with van der Waals surface area (Å²) in [6.45, 7) is 6.90. The second-order valence-corrected chi connectivity index (χ2v) is 7.02. The molecule has 1 N–H and O–H groups in total. The van der Waals surface area contributed by atoms with Crippen LogP contribution in [-0.4, -0.2) is 19.6 Å². The summed E-state index contributed by atoms with van der Waals surface area (Å²) < 4.78 is 11.3. The molecule has 2 rings (SSSR count). The van der Waals surface area contributed by atoms with E-state index in [2.05, 4.69) is 18.3 Å². The zero-order valence-corrected chi connectivity index (χ0v) is 17.4. The third kappa shape index (κ3) is 7.10. The Kier molecular flexibility index (Phi) is 8.60. The Morgan fingerprint density at radius 1 is 1.00 bits per heavy atom. The number of carbonyl (C=O) groups is 1. The molecule has 4 nitrogen and oxygen atoms in total. The first-order chi connectivity index (χ1) is 13.5. The van der Waals surface area contributed by atoms with Crippen LogP contribution >= 0.6 is 0 Å². The van der Waals surface area contributed by atoms with Crippen molar-refractivity contribution in [1.82, 2.24) is 0 Å². The molecule has 2 aromatic carbocycles. The molecule has 4 heteroatoms. The van der Waals surface area contributed by atoms with E-state index in [1.54, 1.807) is 13.2 Å². The summed E-state index contributed by atoms with van der Waals surface area (Å²) in [6.07, 6.45) is 7.95. The number of rotatable bonds is 10. The van der Waals surface area contributed by atoms with Crippen molar-refractivity contribution in [2.75, 3.05) is 19.0 Å². The molecule has 0 aliphatic heterocycles. The Morgan fingerprint density at radius 3 is 2.43 bits per heavy atom.